The zero-order valence-corrected chi connectivity index (χ0v) is 10.9. The lowest BCUT2D eigenvalue weighted by Gasteiger charge is -2.03. The van der Waals surface area contributed by atoms with Crippen LogP contribution in [-0.2, 0) is 0 Å². The number of hydrogen-bond acceptors (Lipinski definition) is 3. The van der Waals surface area contributed by atoms with E-state index < -0.39 is 5.63 Å². The fraction of sp³-hybridized carbons (Fsp3) is 0.0667. The molecule has 3 aromatic rings. The lowest BCUT2D eigenvalue weighted by atomic mass is 10.1. The second-order valence-electron chi connectivity index (χ2n) is 4.31. The Morgan fingerprint density at radius 1 is 1.16 bits per heavy atom. The Hall–Kier alpha value is -2.13. The predicted octanol–water partition coefficient (Wildman–Crippen LogP) is 3.82. The van der Waals surface area contributed by atoms with Crippen LogP contribution >= 0.6 is 11.6 Å². The summed E-state index contributed by atoms with van der Waals surface area (Å²) in [5.41, 5.74) is 1.82. The van der Waals surface area contributed by atoms with E-state index in [9.17, 15) is 4.79 Å². The number of benzene rings is 2. The second kappa shape index (κ2) is 4.52. The van der Waals surface area contributed by atoms with Crippen LogP contribution < -0.4 is 5.63 Å². The van der Waals surface area contributed by atoms with E-state index in [4.69, 9.17) is 16.0 Å². The van der Waals surface area contributed by atoms with E-state index in [1.807, 2.05) is 31.2 Å². The Balaban J connectivity index is 2.31. The van der Waals surface area contributed by atoms with Crippen LogP contribution in [0.25, 0.3) is 22.4 Å². The Bertz CT molecular complexity index is 824. The van der Waals surface area contributed by atoms with E-state index >= 15 is 0 Å². The van der Waals surface area contributed by atoms with Crippen LogP contribution in [0.1, 0.15) is 5.56 Å². The number of aryl methyl sites for hydroxylation is 1. The van der Waals surface area contributed by atoms with Gasteiger partial charge in [-0.05, 0) is 31.2 Å². The molecule has 94 valence electrons. The first-order valence-electron chi connectivity index (χ1n) is 5.81. The molecule has 0 unspecified atom stereocenters. The molecule has 0 aliphatic carbocycles. The third kappa shape index (κ3) is 2.13. The van der Waals surface area contributed by atoms with Gasteiger partial charge in [0.25, 0.3) is 0 Å². The molecule has 0 radical (unpaired) electrons. The predicted molar refractivity (Wildman–Crippen MR) is 75.5 cm³/mol. The smallest absolute Gasteiger partial charge is 0.347 e. The monoisotopic (exact) mass is 271 g/mol. The number of rotatable bonds is 1. The van der Waals surface area contributed by atoms with Crippen LogP contribution in [0.15, 0.2) is 51.7 Å². The van der Waals surface area contributed by atoms with Crippen molar-refractivity contribution in [2.24, 2.45) is 0 Å². The highest BCUT2D eigenvalue weighted by Gasteiger charge is 2.10. The van der Waals surface area contributed by atoms with E-state index in [0.717, 1.165) is 5.56 Å². The molecular weight excluding hydrogens is 262 g/mol. The van der Waals surface area contributed by atoms with Gasteiger partial charge in [0.15, 0.2) is 0 Å². The molecule has 0 fully saturated rings. The minimum absolute atomic E-state index is 0.243. The summed E-state index contributed by atoms with van der Waals surface area (Å²) in [7, 11) is 0. The zero-order valence-electron chi connectivity index (χ0n) is 10.2. The molecule has 2 aromatic carbocycles. The standard InChI is InChI=1S/C15H10ClNO2/c1-9-6-7-13-11(8-9)15(18)19-14(17-13)10-4-2-3-5-12(10)16/h2-8H,1H3. The van der Waals surface area contributed by atoms with Gasteiger partial charge in [-0.1, -0.05) is 35.4 Å². The van der Waals surface area contributed by atoms with E-state index in [2.05, 4.69) is 4.98 Å². The summed E-state index contributed by atoms with van der Waals surface area (Å²) < 4.78 is 5.26. The summed E-state index contributed by atoms with van der Waals surface area (Å²) >= 11 is 6.09. The maximum atomic E-state index is 12.0. The van der Waals surface area contributed by atoms with Crippen LogP contribution in [0, 0.1) is 6.92 Å². The molecule has 0 bridgehead atoms. The summed E-state index contributed by atoms with van der Waals surface area (Å²) in [5, 5.41) is 0.986. The number of aromatic nitrogens is 1. The Morgan fingerprint density at radius 2 is 1.95 bits per heavy atom. The van der Waals surface area contributed by atoms with Gasteiger partial charge in [-0.2, -0.15) is 0 Å². The van der Waals surface area contributed by atoms with Crippen LogP contribution in [0.3, 0.4) is 0 Å². The highest BCUT2D eigenvalue weighted by Crippen LogP contribution is 2.26. The quantitative estimate of drug-likeness (QED) is 0.676. The molecule has 0 atom stereocenters. The fourth-order valence-electron chi connectivity index (χ4n) is 1.94. The van der Waals surface area contributed by atoms with Crippen molar-refractivity contribution in [3.8, 4) is 11.5 Å². The van der Waals surface area contributed by atoms with Crippen molar-refractivity contribution in [2.45, 2.75) is 6.92 Å². The molecule has 1 heterocycles. The number of hydrogen-bond donors (Lipinski definition) is 0. The summed E-state index contributed by atoms with van der Waals surface area (Å²) in [6.45, 7) is 1.92. The average Bonchev–Trinajstić information content (AvgIpc) is 2.40. The average molecular weight is 272 g/mol. The molecule has 0 saturated carbocycles. The molecule has 0 spiro atoms. The van der Waals surface area contributed by atoms with Gasteiger partial charge in [-0.3, -0.25) is 0 Å². The summed E-state index contributed by atoms with van der Waals surface area (Å²) in [6.07, 6.45) is 0. The highest BCUT2D eigenvalue weighted by atomic mass is 35.5. The first-order valence-corrected chi connectivity index (χ1v) is 6.19. The number of fused-ring (bicyclic) bond motifs is 1. The van der Waals surface area contributed by atoms with Gasteiger partial charge in [-0.15, -0.1) is 0 Å². The van der Waals surface area contributed by atoms with Gasteiger partial charge >= 0.3 is 5.63 Å². The first kappa shape index (κ1) is 11.9. The molecule has 0 N–H and O–H groups in total. The lowest BCUT2D eigenvalue weighted by molar-refractivity contribution is 0.518. The third-order valence-electron chi connectivity index (χ3n) is 2.89. The summed E-state index contributed by atoms with van der Waals surface area (Å²) in [5.74, 6) is 0.243. The molecule has 0 aliphatic heterocycles. The van der Waals surface area contributed by atoms with Crippen molar-refractivity contribution in [2.75, 3.05) is 0 Å². The lowest BCUT2D eigenvalue weighted by Crippen LogP contribution is -2.03. The van der Waals surface area contributed by atoms with Crippen LogP contribution in [0.2, 0.25) is 5.02 Å². The number of halogens is 1. The van der Waals surface area contributed by atoms with Crippen molar-refractivity contribution in [1.82, 2.24) is 4.98 Å². The van der Waals surface area contributed by atoms with Gasteiger partial charge in [-0.25, -0.2) is 9.78 Å². The van der Waals surface area contributed by atoms with Crippen LogP contribution in [-0.4, -0.2) is 4.98 Å². The van der Waals surface area contributed by atoms with Crippen molar-refractivity contribution >= 4 is 22.5 Å². The van der Waals surface area contributed by atoms with Gasteiger partial charge in [0.2, 0.25) is 5.89 Å². The summed E-state index contributed by atoms with van der Waals surface area (Å²) in [6, 6.07) is 12.6. The Morgan fingerprint density at radius 3 is 2.74 bits per heavy atom. The van der Waals surface area contributed by atoms with E-state index in [1.54, 1.807) is 18.2 Å². The molecular formula is C15H10ClNO2. The van der Waals surface area contributed by atoms with E-state index in [0.29, 0.717) is 21.5 Å². The molecule has 4 heteroatoms. The minimum atomic E-state index is -0.399. The Kier molecular flexibility index (Phi) is 2.84. The topological polar surface area (TPSA) is 43.1 Å². The maximum Gasteiger partial charge on any atom is 0.347 e. The normalized spacial score (nSPS) is 10.8. The molecule has 3 nitrogen and oxygen atoms in total. The summed E-state index contributed by atoms with van der Waals surface area (Å²) in [4.78, 5) is 16.3. The molecule has 0 amide bonds. The fourth-order valence-corrected chi connectivity index (χ4v) is 2.15. The Labute approximate surface area is 114 Å². The van der Waals surface area contributed by atoms with E-state index in [1.165, 1.54) is 0 Å². The van der Waals surface area contributed by atoms with Crippen molar-refractivity contribution in [3.63, 3.8) is 0 Å². The zero-order chi connectivity index (χ0) is 13.4. The van der Waals surface area contributed by atoms with E-state index in [-0.39, 0.29) is 5.89 Å². The molecule has 1 aromatic heterocycles. The van der Waals surface area contributed by atoms with Crippen molar-refractivity contribution < 1.29 is 4.42 Å². The first-order chi connectivity index (χ1) is 9.15. The van der Waals surface area contributed by atoms with Crippen molar-refractivity contribution in [1.29, 1.82) is 0 Å². The highest BCUT2D eigenvalue weighted by molar-refractivity contribution is 6.33. The van der Waals surface area contributed by atoms with Gasteiger partial charge in [0.05, 0.1) is 21.5 Å². The minimum Gasteiger partial charge on any atom is -0.403 e. The van der Waals surface area contributed by atoms with Gasteiger partial charge < -0.3 is 4.42 Å². The molecule has 0 aliphatic rings. The second-order valence-corrected chi connectivity index (χ2v) is 4.71. The van der Waals surface area contributed by atoms with Crippen molar-refractivity contribution in [3.05, 3.63) is 63.5 Å². The largest absolute Gasteiger partial charge is 0.403 e. The van der Waals surface area contributed by atoms with Crippen LogP contribution in [0.4, 0.5) is 0 Å². The number of nitrogens with zero attached hydrogens (tertiary/aromatic N) is 1. The molecule has 0 saturated heterocycles. The SMILES string of the molecule is Cc1ccc2nc(-c3ccccc3Cl)oc(=O)c2c1. The molecule has 19 heavy (non-hydrogen) atoms. The third-order valence-corrected chi connectivity index (χ3v) is 3.22. The van der Waals surface area contributed by atoms with Crippen LogP contribution in [0.5, 0.6) is 0 Å². The van der Waals surface area contributed by atoms with Gasteiger partial charge in [0, 0.05) is 0 Å². The maximum absolute atomic E-state index is 12.0. The molecule has 3 rings (SSSR count). The van der Waals surface area contributed by atoms with Gasteiger partial charge in [0.1, 0.15) is 0 Å².